The lowest BCUT2D eigenvalue weighted by atomic mass is 9.99. The first kappa shape index (κ1) is 14.8. The Morgan fingerprint density at radius 3 is 2.61 bits per heavy atom. The molecule has 0 aromatic carbocycles. The molecule has 1 aromatic heterocycles. The number of aliphatic hydroxyl groups excluding tert-OH is 1. The summed E-state index contributed by atoms with van der Waals surface area (Å²) >= 11 is 3.29. The standard InChI is InChI=1S/C11H16BrN3O3/c1-6-8(15(17)18)5-13-10(9(6)12)14-11(3,4)7(2)16/h5,7,16H,1-4H3,(H,13,14). The van der Waals surface area contributed by atoms with E-state index in [4.69, 9.17) is 0 Å². The van der Waals surface area contributed by atoms with Crippen LogP contribution in [0.5, 0.6) is 0 Å². The highest BCUT2D eigenvalue weighted by molar-refractivity contribution is 9.10. The Balaban J connectivity index is 3.14. The summed E-state index contributed by atoms with van der Waals surface area (Å²) in [5.74, 6) is 0.476. The van der Waals surface area contributed by atoms with E-state index in [1.54, 1.807) is 13.8 Å². The molecule has 0 spiro atoms. The number of aromatic nitrogens is 1. The van der Waals surface area contributed by atoms with Crippen LogP contribution in [0.4, 0.5) is 11.5 Å². The number of hydrogen-bond donors (Lipinski definition) is 2. The summed E-state index contributed by atoms with van der Waals surface area (Å²) in [6.07, 6.45) is 0.613. The minimum absolute atomic E-state index is 0.0396. The third-order valence-corrected chi connectivity index (χ3v) is 3.89. The molecule has 0 radical (unpaired) electrons. The van der Waals surface area contributed by atoms with Gasteiger partial charge in [0.1, 0.15) is 12.0 Å². The molecular weight excluding hydrogens is 302 g/mol. The minimum atomic E-state index is -0.596. The molecule has 0 amide bonds. The van der Waals surface area contributed by atoms with Crippen LogP contribution in [-0.4, -0.2) is 26.7 Å². The Morgan fingerprint density at radius 2 is 2.17 bits per heavy atom. The Kier molecular flexibility index (Phi) is 4.28. The van der Waals surface area contributed by atoms with Crippen molar-refractivity contribution in [3.63, 3.8) is 0 Å². The predicted octanol–water partition coefficient (Wildman–Crippen LogP) is 2.63. The maximum Gasteiger partial charge on any atom is 0.291 e. The van der Waals surface area contributed by atoms with Crippen molar-refractivity contribution < 1.29 is 10.0 Å². The van der Waals surface area contributed by atoms with E-state index in [9.17, 15) is 15.2 Å². The van der Waals surface area contributed by atoms with Crippen LogP contribution in [0.1, 0.15) is 26.3 Å². The van der Waals surface area contributed by atoms with Crippen LogP contribution >= 0.6 is 15.9 Å². The van der Waals surface area contributed by atoms with Gasteiger partial charge in [-0.1, -0.05) is 0 Å². The average Bonchev–Trinajstić information content (AvgIpc) is 2.24. The SMILES string of the molecule is Cc1c([N+](=O)[O-])cnc(NC(C)(C)C(C)O)c1Br. The number of nitro groups is 1. The zero-order chi connectivity index (χ0) is 14.1. The molecule has 1 heterocycles. The van der Waals surface area contributed by atoms with Crippen LogP contribution in [0.15, 0.2) is 10.7 Å². The Bertz CT molecular complexity index is 475. The summed E-state index contributed by atoms with van der Waals surface area (Å²) in [5, 5.41) is 23.5. The molecule has 1 atom stereocenters. The van der Waals surface area contributed by atoms with E-state index in [-0.39, 0.29) is 5.69 Å². The molecular formula is C11H16BrN3O3. The van der Waals surface area contributed by atoms with E-state index >= 15 is 0 Å². The van der Waals surface area contributed by atoms with Gasteiger partial charge in [-0.2, -0.15) is 0 Å². The van der Waals surface area contributed by atoms with Gasteiger partial charge >= 0.3 is 0 Å². The zero-order valence-corrected chi connectivity index (χ0v) is 12.3. The quantitative estimate of drug-likeness (QED) is 0.658. The first-order chi connectivity index (χ1) is 8.16. The van der Waals surface area contributed by atoms with E-state index in [1.165, 1.54) is 6.20 Å². The van der Waals surface area contributed by atoms with E-state index in [0.29, 0.717) is 15.9 Å². The molecule has 0 saturated heterocycles. The lowest BCUT2D eigenvalue weighted by Crippen LogP contribution is -2.42. The molecule has 18 heavy (non-hydrogen) atoms. The average molecular weight is 318 g/mol. The van der Waals surface area contributed by atoms with Gasteiger partial charge in [-0.3, -0.25) is 10.1 Å². The van der Waals surface area contributed by atoms with Gasteiger partial charge in [-0.15, -0.1) is 0 Å². The predicted molar refractivity (Wildman–Crippen MR) is 72.7 cm³/mol. The maximum atomic E-state index is 10.8. The molecule has 1 unspecified atom stereocenters. The molecule has 1 aromatic rings. The van der Waals surface area contributed by atoms with Crippen LogP contribution in [0.25, 0.3) is 0 Å². The van der Waals surface area contributed by atoms with Crippen LogP contribution in [0.2, 0.25) is 0 Å². The molecule has 6 nitrogen and oxygen atoms in total. The van der Waals surface area contributed by atoms with E-state index in [2.05, 4.69) is 26.2 Å². The van der Waals surface area contributed by atoms with Gasteiger partial charge in [0.05, 0.1) is 21.0 Å². The molecule has 7 heteroatoms. The molecule has 0 aliphatic heterocycles. The molecule has 0 aliphatic carbocycles. The number of aliphatic hydroxyl groups is 1. The fourth-order valence-corrected chi connectivity index (χ4v) is 1.65. The number of anilines is 1. The second-order valence-electron chi connectivity index (χ2n) is 4.71. The molecule has 0 saturated carbocycles. The lowest BCUT2D eigenvalue weighted by molar-refractivity contribution is -0.385. The number of hydrogen-bond acceptors (Lipinski definition) is 5. The van der Waals surface area contributed by atoms with Crippen molar-refractivity contribution in [2.75, 3.05) is 5.32 Å². The molecule has 0 fully saturated rings. The second kappa shape index (κ2) is 5.19. The van der Waals surface area contributed by atoms with E-state index < -0.39 is 16.6 Å². The molecule has 0 bridgehead atoms. The maximum absolute atomic E-state index is 10.8. The first-order valence-electron chi connectivity index (χ1n) is 5.42. The first-order valence-corrected chi connectivity index (χ1v) is 6.22. The zero-order valence-electron chi connectivity index (χ0n) is 10.7. The van der Waals surface area contributed by atoms with Crippen molar-refractivity contribution in [2.24, 2.45) is 0 Å². The summed E-state index contributed by atoms with van der Waals surface area (Å²) in [5.41, 5.74) is -0.126. The summed E-state index contributed by atoms with van der Waals surface area (Å²) in [7, 11) is 0. The van der Waals surface area contributed by atoms with Gasteiger partial charge < -0.3 is 10.4 Å². The van der Waals surface area contributed by atoms with Gasteiger partial charge in [0.25, 0.3) is 5.69 Å². The van der Waals surface area contributed by atoms with Crippen molar-refractivity contribution >= 4 is 27.4 Å². The van der Waals surface area contributed by atoms with Crippen LogP contribution in [0.3, 0.4) is 0 Å². The Morgan fingerprint density at radius 1 is 1.61 bits per heavy atom. The van der Waals surface area contributed by atoms with Crippen molar-refractivity contribution in [3.8, 4) is 0 Å². The third kappa shape index (κ3) is 2.97. The van der Waals surface area contributed by atoms with Gasteiger partial charge in [0, 0.05) is 5.56 Å². The fraction of sp³-hybridized carbons (Fsp3) is 0.545. The lowest BCUT2D eigenvalue weighted by Gasteiger charge is -2.30. The second-order valence-corrected chi connectivity index (χ2v) is 5.50. The van der Waals surface area contributed by atoms with Crippen molar-refractivity contribution in [3.05, 3.63) is 26.3 Å². The smallest absolute Gasteiger partial charge is 0.291 e. The largest absolute Gasteiger partial charge is 0.391 e. The number of halogens is 1. The topological polar surface area (TPSA) is 88.3 Å². The third-order valence-electron chi connectivity index (χ3n) is 2.92. The Labute approximate surface area is 114 Å². The van der Waals surface area contributed by atoms with Crippen molar-refractivity contribution in [2.45, 2.75) is 39.3 Å². The Hall–Kier alpha value is -1.21. The highest BCUT2D eigenvalue weighted by Gasteiger charge is 2.26. The number of nitrogens with one attached hydrogen (secondary N) is 1. The molecule has 0 aliphatic rings. The van der Waals surface area contributed by atoms with E-state index in [0.717, 1.165) is 0 Å². The number of pyridine rings is 1. The summed E-state index contributed by atoms with van der Waals surface area (Å²) in [6.45, 7) is 6.95. The molecule has 1 rings (SSSR count). The highest BCUT2D eigenvalue weighted by Crippen LogP contribution is 2.32. The van der Waals surface area contributed by atoms with Gasteiger partial charge in [-0.25, -0.2) is 4.98 Å². The summed E-state index contributed by atoms with van der Waals surface area (Å²) in [4.78, 5) is 14.3. The normalized spacial score (nSPS) is 13.2. The van der Waals surface area contributed by atoms with Crippen molar-refractivity contribution in [1.29, 1.82) is 0 Å². The fourth-order valence-electron chi connectivity index (χ4n) is 1.25. The highest BCUT2D eigenvalue weighted by atomic mass is 79.9. The van der Waals surface area contributed by atoms with Gasteiger partial charge in [-0.05, 0) is 43.6 Å². The van der Waals surface area contributed by atoms with E-state index in [1.807, 2.05) is 13.8 Å². The monoisotopic (exact) mass is 317 g/mol. The van der Waals surface area contributed by atoms with Crippen molar-refractivity contribution in [1.82, 2.24) is 4.98 Å². The van der Waals surface area contributed by atoms with Crippen LogP contribution in [-0.2, 0) is 0 Å². The van der Waals surface area contributed by atoms with Crippen LogP contribution < -0.4 is 5.32 Å². The number of nitrogens with zero attached hydrogens (tertiary/aromatic N) is 2. The van der Waals surface area contributed by atoms with Gasteiger partial charge in [0.15, 0.2) is 0 Å². The summed E-state index contributed by atoms with van der Waals surface area (Å²) < 4.78 is 0.533. The molecule has 100 valence electrons. The number of rotatable bonds is 4. The van der Waals surface area contributed by atoms with Gasteiger partial charge in [0.2, 0.25) is 0 Å². The van der Waals surface area contributed by atoms with Crippen LogP contribution in [0, 0.1) is 17.0 Å². The minimum Gasteiger partial charge on any atom is -0.391 e. The summed E-state index contributed by atoms with van der Waals surface area (Å²) in [6, 6.07) is 0. The molecule has 2 N–H and O–H groups in total.